The number of pyridine rings is 1. The van der Waals surface area contributed by atoms with Gasteiger partial charge in [0.2, 0.25) is 5.91 Å². The lowest BCUT2D eigenvalue weighted by Crippen LogP contribution is -2.54. The maximum absolute atomic E-state index is 12.6. The molecule has 2 aromatic rings. The van der Waals surface area contributed by atoms with Gasteiger partial charge in [-0.2, -0.15) is 0 Å². The van der Waals surface area contributed by atoms with E-state index in [4.69, 9.17) is 5.73 Å². The third kappa shape index (κ3) is 3.28. The van der Waals surface area contributed by atoms with E-state index in [2.05, 4.69) is 15.3 Å². The molecule has 6 heteroatoms. The van der Waals surface area contributed by atoms with Gasteiger partial charge in [-0.3, -0.25) is 4.79 Å². The van der Waals surface area contributed by atoms with E-state index in [-0.39, 0.29) is 18.3 Å². The van der Waals surface area contributed by atoms with E-state index < -0.39 is 0 Å². The van der Waals surface area contributed by atoms with Gasteiger partial charge in [0.1, 0.15) is 5.65 Å². The van der Waals surface area contributed by atoms with E-state index in [0.29, 0.717) is 30.3 Å². The zero-order valence-corrected chi connectivity index (χ0v) is 14.5. The van der Waals surface area contributed by atoms with Crippen LogP contribution in [-0.4, -0.2) is 28.0 Å². The highest BCUT2D eigenvalue weighted by Crippen LogP contribution is 2.39. The summed E-state index contributed by atoms with van der Waals surface area (Å²) in [6.07, 6.45) is 9.86. The third-order valence-electron chi connectivity index (χ3n) is 5.59. The Labute approximate surface area is 148 Å². The van der Waals surface area contributed by atoms with Crippen LogP contribution in [0.15, 0.2) is 24.5 Å². The van der Waals surface area contributed by atoms with Crippen LogP contribution in [0.5, 0.6) is 0 Å². The molecule has 130 valence electrons. The molecule has 24 heavy (non-hydrogen) atoms. The summed E-state index contributed by atoms with van der Waals surface area (Å²) in [7, 11) is 0. The van der Waals surface area contributed by atoms with Crippen LogP contribution in [0.25, 0.3) is 11.0 Å². The number of hydrogen-bond acceptors (Lipinski definition) is 3. The van der Waals surface area contributed by atoms with E-state index in [1.165, 1.54) is 19.3 Å². The van der Waals surface area contributed by atoms with Crippen molar-refractivity contribution in [3.63, 3.8) is 0 Å². The van der Waals surface area contributed by atoms with Gasteiger partial charge in [-0.15, -0.1) is 12.4 Å². The van der Waals surface area contributed by atoms with Crippen LogP contribution in [-0.2, 0) is 11.2 Å². The molecule has 4 rings (SSSR count). The molecule has 0 radical (unpaired) electrons. The first-order chi connectivity index (χ1) is 11.2. The molecule has 2 fully saturated rings. The molecule has 4 N–H and O–H groups in total. The van der Waals surface area contributed by atoms with Gasteiger partial charge in [-0.25, -0.2) is 4.98 Å². The summed E-state index contributed by atoms with van der Waals surface area (Å²) < 4.78 is 0. The second-order valence-corrected chi connectivity index (χ2v) is 7.17. The van der Waals surface area contributed by atoms with Crippen molar-refractivity contribution >= 4 is 29.3 Å². The maximum atomic E-state index is 12.6. The number of halogens is 1. The van der Waals surface area contributed by atoms with E-state index >= 15 is 0 Å². The predicted molar refractivity (Wildman–Crippen MR) is 97.0 cm³/mol. The molecule has 2 unspecified atom stereocenters. The fourth-order valence-corrected chi connectivity index (χ4v) is 4.59. The quantitative estimate of drug-likeness (QED) is 0.797. The lowest BCUT2D eigenvalue weighted by atomic mass is 9.67. The molecule has 0 aliphatic heterocycles. The van der Waals surface area contributed by atoms with Crippen molar-refractivity contribution in [2.45, 2.75) is 50.6 Å². The largest absolute Gasteiger partial charge is 0.353 e. The van der Waals surface area contributed by atoms with Crippen molar-refractivity contribution < 1.29 is 4.79 Å². The average molecular weight is 349 g/mol. The van der Waals surface area contributed by atoms with Gasteiger partial charge in [-0.05, 0) is 55.2 Å². The number of nitrogens with one attached hydrogen (secondary N) is 2. The molecule has 2 aliphatic carbocycles. The number of rotatable bonds is 3. The normalized spacial score (nSPS) is 29.0. The molecule has 2 heterocycles. The number of hydrogen-bond donors (Lipinski definition) is 3. The number of H-pyrrole nitrogens is 1. The van der Waals surface area contributed by atoms with Crippen LogP contribution in [0.3, 0.4) is 0 Å². The molecule has 2 aromatic heterocycles. The van der Waals surface area contributed by atoms with Gasteiger partial charge < -0.3 is 16.0 Å². The number of amides is 1. The summed E-state index contributed by atoms with van der Waals surface area (Å²) >= 11 is 0. The van der Waals surface area contributed by atoms with E-state index in [9.17, 15) is 4.79 Å². The van der Waals surface area contributed by atoms with Crippen molar-refractivity contribution in [1.82, 2.24) is 15.3 Å². The van der Waals surface area contributed by atoms with Gasteiger partial charge in [0.15, 0.2) is 0 Å². The predicted octanol–water partition coefficient (Wildman–Crippen LogP) is 2.55. The summed E-state index contributed by atoms with van der Waals surface area (Å²) in [6.45, 7) is 0. The van der Waals surface area contributed by atoms with E-state index in [0.717, 1.165) is 29.4 Å². The standard InChI is InChI=1S/C18H24N4O.ClH/c19-14-7-11-3-1-4-12(8-14)17(11)22-16(23)9-13-10-21-18-15(13)5-2-6-20-18;/h2,5-6,10-12,14,17H,1,3-4,7-9,19H2,(H,20,21)(H,22,23);1H. The molecule has 2 bridgehead atoms. The number of aromatic nitrogens is 2. The van der Waals surface area contributed by atoms with Crippen LogP contribution in [0, 0.1) is 11.8 Å². The molecule has 2 aliphatic rings. The van der Waals surface area contributed by atoms with Crippen LogP contribution in [0.1, 0.15) is 37.7 Å². The summed E-state index contributed by atoms with van der Waals surface area (Å²) in [5.41, 5.74) is 8.03. The molecule has 2 saturated carbocycles. The molecule has 5 nitrogen and oxygen atoms in total. The lowest BCUT2D eigenvalue weighted by molar-refractivity contribution is -0.122. The van der Waals surface area contributed by atoms with Crippen molar-refractivity contribution in [1.29, 1.82) is 0 Å². The summed E-state index contributed by atoms with van der Waals surface area (Å²) in [4.78, 5) is 20.0. The highest BCUT2D eigenvalue weighted by Gasteiger charge is 2.39. The van der Waals surface area contributed by atoms with Crippen LogP contribution in [0.2, 0.25) is 0 Å². The molecule has 0 spiro atoms. The van der Waals surface area contributed by atoms with Crippen LogP contribution >= 0.6 is 12.4 Å². The Kier molecular flexibility index (Phi) is 5.11. The number of nitrogens with zero attached hydrogens (tertiary/aromatic N) is 1. The first kappa shape index (κ1) is 17.2. The smallest absolute Gasteiger partial charge is 0.224 e. The van der Waals surface area contributed by atoms with Crippen molar-refractivity contribution in [2.75, 3.05) is 0 Å². The summed E-state index contributed by atoms with van der Waals surface area (Å²) in [6, 6.07) is 4.55. The Morgan fingerprint density at radius 3 is 2.83 bits per heavy atom. The Balaban J connectivity index is 0.00000169. The van der Waals surface area contributed by atoms with Crippen LogP contribution < -0.4 is 11.1 Å². The molecular formula is C18H25ClN4O. The minimum atomic E-state index is 0. The first-order valence-electron chi connectivity index (χ1n) is 8.66. The molecule has 2 atom stereocenters. The fraction of sp³-hybridized carbons (Fsp3) is 0.556. The van der Waals surface area contributed by atoms with E-state index in [1.54, 1.807) is 6.20 Å². The highest BCUT2D eigenvalue weighted by atomic mass is 35.5. The SMILES string of the molecule is Cl.NC1CC2CCCC(C1)C2NC(=O)Cc1c[nH]c2ncccc12. The minimum absolute atomic E-state index is 0. The zero-order valence-electron chi connectivity index (χ0n) is 13.7. The number of carbonyl (C=O) groups excluding carboxylic acids is 1. The third-order valence-corrected chi connectivity index (χ3v) is 5.59. The summed E-state index contributed by atoms with van der Waals surface area (Å²) in [5.74, 6) is 1.24. The van der Waals surface area contributed by atoms with Crippen LogP contribution in [0.4, 0.5) is 0 Å². The molecule has 0 saturated heterocycles. The van der Waals surface area contributed by atoms with Crippen molar-refractivity contribution in [2.24, 2.45) is 17.6 Å². The number of fused-ring (bicyclic) bond motifs is 3. The molecular weight excluding hydrogens is 324 g/mol. The monoisotopic (exact) mass is 348 g/mol. The average Bonchev–Trinajstić information content (AvgIpc) is 2.91. The maximum Gasteiger partial charge on any atom is 0.224 e. The Morgan fingerprint density at radius 1 is 1.33 bits per heavy atom. The minimum Gasteiger partial charge on any atom is -0.353 e. The molecule has 1 amide bonds. The lowest BCUT2D eigenvalue weighted by Gasteiger charge is -2.45. The second-order valence-electron chi connectivity index (χ2n) is 7.17. The second kappa shape index (κ2) is 7.11. The van der Waals surface area contributed by atoms with Crippen molar-refractivity contribution in [3.05, 3.63) is 30.1 Å². The van der Waals surface area contributed by atoms with Gasteiger partial charge in [0.05, 0.1) is 6.42 Å². The van der Waals surface area contributed by atoms with Gasteiger partial charge in [-0.1, -0.05) is 6.42 Å². The fourth-order valence-electron chi connectivity index (χ4n) is 4.59. The number of carbonyl (C=O) groups is 1. The highest BCUT2D eigenvalue weighted by molar-refractivity contribution is 5.87. The van der Waals surface area contributed by atoms with Gasteiger partial charge >= 0.3 is 0 Å². The van der Waals surface area contributed by atoms with Gasteiger partial charge in [0, 0.05) is 29.9 Å². The van der Waals surface area contributed by atoms with Crippen molar-refractivity contribution in [3.8, 4) is 0 Å². The first-order valence-corrected chi connectivity index (χ1v) is 8.66. The number of aromatic amines is 1. The molecule has 0 aromatic carbocycles. The Morgan fingerprint density at radius 2 is 2.08 bits per heavy atom. The topological polar surface area (TPSA) is 83.8 Å². The Hall–Kier alpha value is -1.59. The van der Waals surface area contributed by atoms with E-state index in [1.807, 2.05) is 18.3 Å². The summed E-state index contributed by atoms with van der Waals surface area (Å²) in [5, 5.41) is 4.35. The zero-order chi connectivity index (χ0) is 15.8. The Bertz CT molecular complexity index is 702. The number of nitrogens with two attached hydrogens (primary N) is 1. The van der Waals surface area contributed by atoms with Gasteiger partial charge in [0.25, 0.3) is 0 Å².